The van der Waals surface area contributed by atoms with Crippen LogP contribution in [0.1, 0.15) is 155 Å². The second-order valence-electron chi connectivity index (χ2n) is 16.7. The van der Waals surface area contributed by atoms with E-state index in [1.54, 1.807) is 0 Å². The van der Waals surface area contributed by atoms with E-state index in [0.29, 0.717) is 23.9 Å². The van der Waals surface area contributed by atoms with Crippen molar-refractivity contribution in [1.29, 1.82) is 0 Å². The largest absolute Gasteiger partial charge is 0.477 e. The molecule has 1 N–H and O–H groups in total. The molecule has 0 aromatic rings. The van der Waals surface area contributed by atoms with Gasteiger partial charge in [-0.1, -0.05) is 155 Å². The Morgan fingerprint density at radius 1 is 0.476 bits per heavy atom. The summed E-state index contributed by atoms with van der Waals surface area (Å²) in [6.07, 6.45) is 57.2. The molecule has 0 spiro atoms. The highest BCUT2D eigenvalue weighted by Gasteiger charge is 2.25. The van der Waals surface area contributed by atoms with Crippen LogP contribution in [0.2, 0.25) is 0 Å². The molecular weight excluding hydrogens is 791 g/mol. The number of unbranched alkanes of at least 4 members (excludes halogenated alkanes) is 9. The van der Waals surface area contributed by atoms with Crippen molar-refractivity contribution >= 4 is 17.9 Å². The van der Waals surface area contributed by atoms with Crippen molar-refractivity contribution in [2.24, 2.45) is 0 Å². The maximum absolute atomic E-state index is 12.8. The van der Waals surface area contributed by atoms with Crippen LogP contribution >= 0.6 is 0 Å². The van der Waals surface area contributed by atoms with Crippen LogP contribution in [0.15, 0.2) is 109 Å². The van der Waals surface area contributed by atoms with Crippen molar-refractivity contribution in [3.8, 4) is 0 Å². The normalized spacial score (nSPS) is 13.9. The molecule has 0 heterocycles. The minimum absolute atomic E-state index is 0.172. The number of esters is 2. The van der Waals surface area contributed by atoms with Crippen LogP contribution in [0.3, 0.4) is 0 Å². The fraction of sp³-hybridized carbons (Fsp3) is 0.611. The Morgan fingerprint density at radius 2 is 0.857 bits per heavy atom. The first kappa shape index (κ1) is 58.9. The van der Waals surface area contributed by atoms with Crippen LogP contribution in [0.25, 0.3) is 0 Å². The third-order valence-electron chi connectivity index (χ3n) is 9.52. The zero-order valence-electron chi connectivity index (χ0n) is 40.2. The van der Waals surface area contributed by atoms with Crippen molar-refractivity contribution in [1.82, 2.24) is 0 Å². The molecule has 0 aliphatic carbocycles. The lowest BCUT2D eigenvalue weighted by atomic mass is 10.1. The minimum atomic E-state index is -1.53. The summed E-state index contributed by atoms with van der Waals surface area (Å²) >= 11 is 0. The number of carbonyl (C=O) groups excluding carboxylic acids is 2. The van der Waals surface area contributed by atoms with Crippen LogP contribution in [-0.2, 0) is 33.3 Å². The molecule has 0 saturated heterocycles. The average Bonchev–Trinajstić information content (AvgIpc) is 3.24. The average molecular weight is 879 g/mol. The van der Waals surface area contributed by atoms with Gasteiger partial charge in [0, 0.05) is 12.8 Å². The van der Waals surface area contributed by atoms with Gasteiger partial charge in [0.05, 0.1) is 34.4 Å². The lowest BCUT2D eigenvalue weighted by Crippen LogP contribution is -2.40. The predicted octanol–water partition coefficient (Wildman–Crippen LogP) is 13.2. The van der Waals surface area contributed by atoms with Crippen molar-refractivity contribution in [2.45, 2.75) is 167 Å². The molecule has 0 aromatic carbocycles. The van der Waals surface area contributed by atoms with Gasteiger partial charge in [0.25, 0.3) is 6.29 Å². The van der Waals surface area contributed by atoms with Gasteiger partial charge in [-0.05, 0) is 96.3 Å². The van der Waals surface area contributed by atoms with Gasteiger partial charge < -0.3 is 28.5 Å². The summed E-state index contributed by atoms with van der Waals surface area (Å²) in [7, 11) is 5.93. The molecular formula is C54H88NO8+. The number of hydrogen-bond donors (Lipinski definition) is 1. The van der Waals surface area contributed by atoms with Crippen LogP contribution in [-0.4, -0.2) is 87.4 Å². The number of hydrogen-bond acceptors (Lipinski definition) is 7. The molecule has 356 valence electrons. The number of rotatable bonds is 42. The summed E-state index contributed by atoms with van der Waals surface area (Å²) in [5, 5.41) is 9.66. The van der Waals surface area contributed by atoms with Crippen molar-refractivity contribution in [2.75, 3.05) is 47.5 Å². The quantitative estimate of drug-likeness (QED) is 0.0212. The maximum Gasteiger partial charge on any atom is 0.361 e. The number of nitrogens with zero attached hydrogens (tertiary/aromatic N) is 1. The zero-order valence-corrected chi connectivity index (χ0v) is 40.2. The summed E-state index contributed by atoms with van der Waals surface area (Å²) in [6.45, 7) is 4.56. The van der Waals surface area contributed by atoms with E-state index >= 15 is 0 Å². The Hall–Kier alpha value is -4.05. The first-order valence-corrected chi connectivity index (χ1v) is 24.1. The molecule has 0 radical (unpaired) electrons. The summed E-state index contributed by atoms with van der Waals surface area (Å²) in [5.74, 6) is -2.08. The summed E-state index contributed by atoms with van der Waals surface area (Å²) in [5.41, 5.74) is 0. The van der Waals surface area contributed by atoms with Crippen LogP contribution in [0.5, 0.6) is 0 Å². The summed E-state index contributed by atoms with van der Waals surface area (Å²) < 4.78 is 22.7. The standard InChI is InChI=1S/C54H87NO8/c1-6-8-10-12-14-16-18-20-22-24-25-26-27-29-31-33-35-37-39-41-43-45-52(57)63-50(49-62-54(53(58)59)60-47-46-55(3,4)5)48-61-51(56)44-42-40-38-36-34-32-30-28-23-21-19-17-15-13-11-9-7-2/h8-11,14-17,20-23,25-26,29-32,50,54H,6-7,12-13,18-19,24,27-28,33-49H2,1-5H3/p+1/b10-8-,11-9-,16-14-,17-15-,22-20-,23-21-,26-25-,31-29-,32-30-. The molecule has 0 aliphatic rings. The van der Waals surface area contributed by atoms with E-state index in [-0.39, 0.29) is 38.6 Å². The van der Waals surface area contributed by atoms with Gasteiger partial charge in [0.1, 0.15) is 13.2 Å². The molecule has 0 saturated carbocycles. The van der Waals surface area contributed by atoms with Gasteiger partial charge in [0.15, 0.2) is 6.10 Å². The Balaban J connectivity index is 4.50. The molecule has 0 aliphatic heterocycles. The predicted molar refractivity (Wildman–Crippen MR) is 262 cm³/mol. The van der Waals surface area contributed by atoms with Crippen molar-refractivity contribution in [3.63, 3.8) is 0 Å². The third-order valence-corrected chi connectivity index (χ3v) is 9.52. The number of carboxylic acids is 1. The number of likely N-dealkylation sites (N-methyl/N-ethyl adjacent to an activating group) is 1. The molecule has 2 unspecified atom stereocenters. The monoisotopic (exact) mass is 879 g/mol. The van der Waals surface area contributed by atoms with E-state index < -0.39 is 24.3 Å². The molecule has 0 rings (SSSR count). The number of carboxylic acid groups (broad SMARTS) is 1. The second-order valence-corrected chi connectivity index (χ2v) is 16.7. The highest BCUT2D eigenvalue weighted by Crippen LogP contribution is 2.12. The van der Waals surface area contributed by atoms with Gasteiger partial charge in [-0.2, -0.15) is 0 Å². The molecule has 63 heavy (non-hydrogen) atoms. The lowest BCUT2D eigenvalue weighted by Gasteiger charge is -2.25. The van der Waals surface area contributed by atoms with Crippen molar-refractivity contribution < 1.29 is 42.9 Å². The van der Waals surface area contributed by atoms with Gasteiger partial charge in [-0.15, -0.1) is 0 Å². The molecule has 0 bridgehead atoms. The minimum Gasteiger partial charge on any atom is -0.477 e. The van der Waals surface area contributed by atoms with Gasteiger partial charge >= 0.3 is 17.9 Å². The molecule has 9 nitrogen and oxygen atoms in total. The fourth-order valence-electron chi connectivity index (χ4n) is 5.85. The van der Waals surface area contributed by atoms with Crippen LogP contribution in [0, 0.1) is 0 Å². The smallest absolute Gasteiger partial charge is 0.361 e. The number of ether oxygens (including phenoxy) is 4. The molecule has 0 fully saturated rings. The Labute approximate surface area is 384 Å². The first-order chi connectivity index (χ1) is 30.6. The number of quaternary nitrogens is 1. The first-order valence-electron chi connectivity index (χ1n) is 24.1. The second kappa shape index (κ2) is 44.6. The van der Waals surface area contributed by atoms with Gasteiger partial charge in [0.2, 0.25) is 0 Å². The van der Waals surface area contributed by atoms with E-state index in [4.69, 9.17) is 18.9 Å². The highest BCUT2D eigenvalue weighted by atomic mass is 16.7. The van der Waals surface area contributed by atoms with E-state index in [1.807, 2.05) is 21.1 Å². The summed E-state index contributed by atoms with van der Waals surface area (Å²) in [4.78, 5) is 37.2. The third kappa shape index (κ3) is 45.8. The molecule has 0 aromatic heterocycles. The topological polar surface area (TPSA) is 108 Å². The zero-order chi connectivity index (χ0) is 46.3. The number of aliphatic carboxylic acids is 1. The Kier molecular flexibility index (Phi) is 41.7. The Morgan fingerprint density at radius 3 is 1.27 bits per heavy atom. The molecule has 9 heteroatoms. The lowest BCUT2D eigenvalue weighted by molar-refractivity contribution is -0.870. The van der Waals surface area contributed by atoms with E-state index in [9.17, 15) is 19.5 Å². The highest BCUT2D eigenvalue weighted by molar-refractivity contribution is 5.71. The fourth-order valence-corrected chi connectivity index (χ4v) is 5.85. The van der Waals surface area contributed by atoms with Crippen molar-refractivity contribution in [3.05, 3.63) is 109 Å². The van der Waals surface area contributed by atoms with Gasteiger partial charge in [-0.25, -0.2) is 4.79 Å². The SMILES string of the molecule is CC/C=C\C/C=C\C/C=C\C/C=C\C/C=C\CCCCCCCC(=O)OC(COC(=O)CCCCCC/C=C\C/C=C\C/C=C\C/C=C\CC)COC(OCC[N+](C)(C)C)C(=O)O. The van der Waals surface area contributed by atoms with E-state index in [1.165, 1.54) is 0 Å². The molecule has 0 amide bonds. The number of carbonyl (C=O) groups is 3. The van der Waals surface area contributed by atoms with Gasteiger partial charge in [-0.3, -0.25) is 9.59 Å². The van der Waals surface area contributed by atoms with Crippen LogP contribution in [0.4, 0.5) is 0 Å². The maximum atomic E-state index is 12.8. The van der Waals surface area contributed by atoms with E-state index in [2.05, 4.69) is 123 Å². The summed E-state index contributed by atoms with van der Waals surface area (Å²) in [6, 6.07) is 0. The Bertz CT molecular complexity index is 1390. The van der Waals surface area contributed by atoms with Crippen LogP contribution < -0.4 is 0 Å². The number of allylic oxidation sites excluding steroid dienone is 18. The molecule has 2 atom stereocenters. The van der Waals surface area contributed by atoms with E-state index in [0.717, 1.165) is 116 Å².